The van der Waals surface area contributed by atoms with E-state index in [-0.39, 0.29) is 0 Å². The Balaban J connectivity index is 1.51. The first kappa shape index (κ1) is 13.1. The van der Waals surface area contributed by atoms with Gasteiger partial charge in [0.2, 0.25) is 0 Å². The third-order valence-electron chi connectivity index (χ3n) is 3.58. The number of hydrogen-bond acceptors (Lipinski definition) is 3. The molecule has 0 saturated carbocycles. The van der Waals surface area contributed by atoms with Crippen LogP contribution in [0.25, 0.3) is 0 Å². The van der Waals surface area contributed by atoms with Gasteiger partial charge >= 0.3 is 0 Å². The summed E-state index contributed by atoms with van der Waals surface area (Å²) in [7, 11) is 0. The summed E-state index contributed by atoms with van der Waals surface area (Å²) in [5, 5.41) is 0. The van der Waals surface area contributed by atoms with E-state index < -0.39 is 11.6 Å². The molecule has 2 aromatic rings. The number of aromatic nitrogens is 2. The van der Waals surface area contributed by atoms with Crippen molar-refractivity contribution < 1.29 is 8.78 Å². The predicted octanol–water partition coefficient (Wildman–Crippen LogP) is 2.43. The van der Waals surface area contributed by atoms with E-state index in [2.05, 4.69) is 14.9 Å². The second-order valence-corrected chi connectivity index (χ2v) is 5.25. The lowest BCUT2D eigenvalue weighted by atomic mass is 9.91. The van der Waals surface area contributed by atoms with Crippen LogP contribution < -0.4 is 0 Å². The van der Waals surface area contributed by atoms with Crippen molar-refractivity contribution >= 4 is 0 Å². The van der Waals surface area contributed by atoms with Gasteiger partial charge in [-0.25, -0.2) is 18.7 Å². The molecule has 1 fully saturated rings. The Labute approximate surface area is 116 Å². The number of hydrogen-bond donors (Lipinski definition) is 0. The molecule has 0 atom stereocenters. The molecule has 3 rings (SSSR count). The highest BCUT2D eigenvalue weighted by Gasteiger charge is 2.27. The first-order valence-electron chi connectivity index (χ1n) is 6.61. The van der Waals surface area contributed by atoms with Crippen molar-refractivity contribution in [2.24, 2.45) is 5.92 Å². The molecule has 1 aromatic heterocycles. The topological polar surface area (TPSA) is 29.0 Å². The molecule has 0 unspecified atom stereocenters. The molecule has 104 valence electrons. The van der Waals surface area contributed by atoms with Crippen LogP contribution in [-0.2, 0) is 13.0 Å². The predicted molar refractivity (Wildman–Crippen MR) is 70.9 cm³/mol. The number of benzene rings is 1. The zero-order valence-corrected chi connectivity index (χ0v) is 11.0. The van der Waals surface area contributed by atoms with E-state index in [4.69, 9.17) is 0 Å². The minimum absolute atomic E-state index is 0.430. The maximum atomic E-state index is 13.5. The molecular weight excluding hydrogens is 260 g/mol. The van der Waals surface area contributed by atoms with E-state index in [0.29, 0.717) is 17.9 Å². The van der Waals surface area contributed by atoms with Crippen molar-refractivity contribution in [3.8, 4) is 0 Å². The Morgan fingerprint density at radius 2 is 1.90 bits per heavy atom. The van der Waals surface area contributed by atoms with E-state index in [1.807, 2.05) is 0 Å². The number of nitrogens with zero attached hydrogens (tertiary/aromatic N) is 3. The third-order valence-corrected chi connectivity index (χ3v) is 3.58. The van der Waals surface area contributed by atoms with Crippen LogP contribution in [0.3, 0.4) is 0 Å². The second kappa shape index (κ2) is 5.63. The average Bonchev–Trinajstić information content (AvgIpc) is 2.40. The minimum atomic E-state index is -0.523. The summed E-state index contributed by atoms with van der Waals surface area (Å²) >= 11 is 0. The summed E-state index contributed by atoms with van der Waals surface area (Å²) in [5.41, 5.74) is 1.68. The summed E-state index contributed by atoms with van der Waals surface area (Å²) in [6.07, 6.45) is 5.79. The van der Waals surface area contributed by atoms with Gasteiger partial charge < -0.3 is 0 Å². The van der Waals surface area contributed by atoms with Crippen molar-refractivity contribution in [1.29, 1.82) is 0 Å². The van der Waals surface area contributed by atoms with Crippen LogP contribution in [0.2, 0.25) is 0 Å². The zero-order chi connectivity index (χ0) is 13.9. The molecule has 0 aliphatic carbocycles. The lowest BCUT2D eigenvalue weighted by molar-refractivity contribution is 0.0917. The molecule has 1 aromatic carbocycles. The van der Waals surface area contributed by atoms with Gasteiger partial charge in [0.1, 0.15) is 18.0 Å². The molecule has 20 heavy (non-hydrogen) atoms. The Hall–Kier alpha value is -1.88. The fraction of sp³-hybridized carbons (Fsp3) is 0.333. The lowest BCUT2D eigenvalue weighted by Crippen LogP contribution is -2.46. The minimum Gasteiger partial charge on any atom is -0.298 e. The molecular formula is C15H15F2N3. The summed E-state index contributed by atoms with van der Waals surface area (Å²) in [5.74, 6) is -0.537. The molecule has 3 nitrogen and oxygen atoms in total. The van der Waals surface area contributed by atoms with Crippen LogP contribution >= 0.6 is 0 Å². The van der Waals surface area contributed by atoms with Gasteiger partial charge in [-0.3, -0.25) is 4.90 Å². The SMILES string of the molecule is Fc1ccc(CC2CN(Cc3cncnc3)C2)c(F)c1. The van der Waals surface area contributed by atoms with Gasteiger partial charge in [-0.2, -0.15) is 0 Å². The Bertz CT molecular complexity index is 583. The molecule has 1 aliphatic rings. The smallest absolute Gasteiger partial charge is 0.129 e. The largest absolute Gasteiger partial charge is 0.298 e. The van der Waals surface area contributed by atoms with Crippen LogP contribution in [0.5, 0.6) is 0 Å². The van der Waals surface area contributed by atoms with Crippen LogP contribution in [0.1, 0.15) is 11.1 Å². The van der Waals surface area contributed by atoms with Crippen molar-refractivity contribution in [1.82, 2.24) is 14.9 Å². The van der Waals surface area contributed by atoms with E-state index in [1.54, 1.807) is 18.5 Å². The fourth-order valence-corrected chi connectivity index (χ4v) is 2.60. The highest BCUT2D eigenvalue weighted by atomic mass is 19.1. The molecule has 2 heterocycles. The molecule has 1 saturated heterocycles. The van der Waals surface area contributed by atoms with Gasteiger partial charge in [-0.05, 0) is 24.0 Å². The number of halogens is 2. The molecule has 0 amide bonds. The van der Waals surface area contributed by atoms with Crippen molar-refractivity contribution in [2.75, 3.05) is 13.1 Å². The van der Waals surface area contributed by atoms with Crippen LogP contribution in [0.4, 0.5) is 8.78 Å². The Morgan fingerprint density at radius 1 is 1.15 bits per heavy atom. The Morgan fingerprint density at radius 3 is 2.60 bits per heavy atom. The summed E-state index contributed by atoms with van der Waals surface area (Å²) in [6.45, 7) is 2.67. The van der Waals surface area contributed by atoms with E-state index >= 15 is 0 Å². The molecule has 0 N–H and O–H groups in total. The van der Waals surface area contributed by atoms with E-state index in [9.17, 15) is 8.78 Å². The van der Waals surface area contributed by atoms with Gasteiger partial charge in [0.15, 0.2) is 0 Å². The van der Waals surface area contributed by atoms with Gasteiger partial charge in [0.05, 0.1) is 0 Å². The highest BCUT2D eigenvalue weighted by Crippen LogP contribution is 2.23. The number of rotatable bonds is 4. The quantitative estimate of drug-likeness (QED) is 0.858. The molecule has 0 spiro atoms. The maximum absolute atomic E-state index is 13.5. The highest BCUT2D eigenvalue weighted by molar-refractivity contribution is 5.19. The van der Waals surface area contributed by atoms with Crippen molar-refractivity contribution in [3.63, 3.8) is 0 Å². The first-order valence-corrected chi connectivity index (χ1v) is 6.61. The maximum Gasteiger partial charge on any atom is 0.129 e. The van der Waals surface area contributed by atoms with Gasteiger partial charge in [0.25, 0.3) is 0 Å². The van der Waals surface area contributed by atoms with Gasteiger partial charge in [-0.15, -0.1) is 0 Å². The van der Waals surface area contributed by atoms with Gasteiger partial charge in [-0.1, -0.05) is 6.07 Å². The van der Waals surface area contributed by atoms with Crippen LogP contribution in [-0.4, -0.2) is 28.0 Å². The van der Waals surface area contributed by atoms with E-state index in [1.165, 1.54) is 12.4 Å². The number of likely N-dealkylation sites (tertiary alicyclic amines) is 1. The molecule has 5 heteroatoms. The summed E-state index contributed by atoms with van der Waals surface area (Å²) in [4.78, 5) is 10.2. The van der Waals surface area contributed by atoms with Crippen LogP contribution in [0.15, 0.2) is 36.9 Å². The molecule has 0 radical (unpaired) electrons. The standard InChI is InChI=1S/C15H15F2N3/c16-14-2-1-13(15(17)4-14)3-11-7-20(8-11)9-12-5-18-10-19-6-12/h1-2,4-6,10-11H,3,7-9H2. The van der Waals surface area contributed by atoms with Gasteiger partial charge in [0, 0.05) is 43.7 Å². The fourth-order valence-electron chi connectivity index (χ4n) is 2.60. The molecule has 0 bridgehead atoms. The molecule has 1 aliphatic heterocycles. The van der Waals surface area contributed by atoms with Crippen LogP contribution in [0, 0.1) is 17.6 Å². The van der Waals surface area contributed by atoms with E-state index in [0.717, 1.165) is 31.3 Å². The summed E-state index contributed by atoms with van der Waals surface area (Å²) in [6, 6.07) is 3.81. The Kier molecular flexibility index (Phi) is 3.69. The first-order chi connectivity index (χ1) is 9.70. The monoisotopic (exact) mass is 275 g/mol. The zero-order valence-electron chi connectivity index (χ0n) is 11.0. The average molecular weight is 275 g/mol. The second-order valence-electron chi connectivity index (χ2n) is 5.25. The van der Waals surface area contributed by atoms with Crippen molar-refractivity contribution in [2.45, 2.75) is 13.0 Å². The normalized spacial score (nSPS) is 16.1. The summed E-state index contributed by atoms with van der Waals surface area (Å²) < 4.78 is 26.4. The third kappa shape index (κ3) is 2.99. The van der Waals surface area contributed by atoms with Crippen molar-refractivity contribution in [3.05, 3.63) is 59.7 Å². The lowest BCUT2D eigenvalue weighted by Gasteiger charge is -2.39.